The third-order valence-corrected chi connectivity index (χ3v) is 2.53. The zero-order valence-corrected chi connectivity index (χ0v) is 9.67. The molecular formula is C14H13N3O. The molecule has 0 saturated heterocycles. The average molecular weight is 240 g/mol. The van der Waals surface area contributed by atoms with E-state index in [1.165, 1.54) is 6.08 Å². The van der Waals surface area contributed by atoms with Crippen molar-refractivity contribution >= 4 is 11.5 Å². The largest absolute Gasteiger partial charge is 0.290 e. The first-order chi connectivity index (χ1) is 9.17. The van der Waals surface area contributed by atoms with Crippen LogP contribution < -0.4 is 5.48 Å². The maximum absolute atomic E-state index is 9.16. The van der Waals surface area contributed by atoms with Crippen molar-refractivity contribution in [3.63, 3.8) is 0 Å². The van der Waals surface area contributed by atoms with Crippen LogP contribution in [0.5, 0.6) is 0 Å². The van der Waals surface area contributed by atoms with Gasteiger partial charge in [-0.25, -0.2) is 4.99 Å². The smallest absolute Gasteiger partial charge is 0.157 e. The Morgan fingerprint density at radius 3 is 2.83 bits per heavy atom. The van der Waals surface area contributed by atoms with Crippen LogP contribution in [0.1, 0.15) is 7.79 Å². The van der Waals surface area contributed by atoms with Crippen molar-refractivity contribution < 1.29 is 6.58 Å². The summed E-state index contributed by atoms with van der Waals surface area (Å²) in [4.78, 5) is 4.27. The van der Waals surface area contributed by atoms with E-state index >= 15 is 0 Å². The average Bonchev–Trinajstić information content (AvgIpc) is 2.47. The molecule has 1 unspecified atom stereocenters. The number of nitrogens with one attached hydrogen (secondary N) is 1. The summed E-state index contributed by atoms with van der Waals surface area (Å²) in [5.74, 6) is -0.931. The summed E-state index contributed by atoms with van der Waals surface area (Å²) in [6, 6.07) is 11.1. The SMILES string of the molecule is [2H]C1(C#N)C=CC(C(=Nc2ccccc2)NO)=CC1. The molecule has 18 heavy (non-hydrogen) atoms. The molecule has 0 saturated carbocycles. The number of hydroxylamine groups is 1. The summed E-state index contributed by atoms with van der Waals surface area (Å²) in [5.41, 5.74) is 3.41. The van der Waals surface area contributed by atoms with Gasteiger partial charge in [-0.15, -0.1) is 0 Å². The summed E-state index contributed by atoms with van der Waals surface area (Å²) in [6.45, 7) is 0. The van der Waals surface area contributed by atoms with E-state index in [1.54, 1.807) is 12.2 Å². The highest BCUT2D eigenvalue weighted by Gasteiger charge is 2.11. The molecule has 4 heteroatoms. The number of benzene rings is 1. The van der Waals surface area contributed by atoms with Gasteiger partial charge in [-0.1, -0.05) is 36.4 Å². The zero-order chi connectivity index (χ0) is 13.7. The molecule has 0 spiro atoms. The Balaban J connectivity index is 2.24. The fourth-order valence-electron chi connectivity index (χ4n) is 1.59. The lowest BCUT2D eigenvalue weighted by Crippen LogP contribution is -2.21. The van der Waals surface area contributed by atoms with Crippen LogP contribution in [0.3, 0.4) is 0 Å². The van der Waals surface area contributed by atoms with Crippen LogP contribution in [-0.4, -0.2) is 11.0 Å². The molecule has 0 heterocycles. The molecule has 0 fully saturated rings. The molecule has 2 N–H and O–H groups in total. The molecule has 0 amide bonds. The van der Waals surface area contributed by atoms with E-state index in [4.69, 9.17) is 11.8 Å². The van der Waals surface area contributed by atoms with Gasteiger partial charge in [-0.2, -0.15) is 5.26 Å². The summed E-state index contributed by atoms with van der Waals surface area (Å²) in [5, 5.41) is 18.0. The molecule has 0 aromatic heterocycles. The summed E-state index contributed by atoms with van der Waals surface area (Å²) in [6.07, 6.45) is 5.09. The lowest BCUT2D eigenvalue weighted by molar-refractivity contribution is 0.235. The van der Waals surface area contributed by atoms with Gasteiger partial charge in [0.1, 0.15) is 0 Å². The summed E-state index contributed by atoms with van der Waals surface area (Å²) >= 11 is 0. The minimum absolute atomic E-state index is 0.269. The molecule has 1 aliphatic rings. The van der Waals surface area contributed by atoms with E-state index in [-0.39, 0.29) is 6.42 Å². The number of amidine groups is 1. The second-order valence-corrected chi connectivity index (χ2v) is 3.74. The highest BCUT2D eigenvalue weighted by atomic mass is 16.5. The van der Waals surface area contributed by atoms with Crippen molar-refractivity contribution in [2.75, 3.05) is 0 Å². The van der Waals surface area contributed by atoms with E-state index < -0.39 is 5.89 Å². The third kappa shape index (κ3) is 2.84. The van der Waals surface area contributed by atoms with Crippen molar-refractivity contribution in [1.29, 1.82) is 5.26 Å². The Hall–Kier alpha value is -2.38. The lowest BCUT2D eigenvalue weighted by atomic mass is 9.97. The fourth-order valence-corrected chi connectivity index (χ4v) is 1.59. The first-order valence-corrected chi connectivity index (χ1v) is 5.52. The Bertz CT molecular complexity index is 586. The van der Waals surface area contributed by atoms with E-state index in [0.717, 1.165) is 0 Å². The van der Waals surface area contributed by atoms with Crippen LogP contribution in [0.4, 0.5) is 5.69 Å². The summed E-state index contributed by atoms with van der Waals surface area (Å²) < 4.78 is 7.76. The molecular weight excluding hydrogens is 226 g/mol. The van der Waals surface area contributed by atoms with E-state index in [0.29, 0.717) is 17.1 Å². The number of allylic oxidation sites excluding steroid dienone is 2. The number of hydrogen-bond acceptors (Lipinski definition) is 3. The number of rotatable bonds is 2. The van der Waals surface area contributed by atoms with Gasteiger partial charge in [0, 0.05) is 5.57 Å². The van der Waals surface area contributed by atoms with Gasteiger partial charge in [-0.3, -0.25) is 10.7 Å². The summed E-state index contributed by atoms with van der Waals surface area (Å²) in [7, 11) is 0. The van der Waals surface area contributed by atoms with Crippen molar-refractivity contribution in [2.24, 2.45) is 10.9 Å². The third-order valence-electron chi connectivity index (χ3n) is 2.53. The number of aliphatic imine (C=N–C) groups is 1. The molecule has 1 atom stereocenters. The van der Waals surface area contributed by atoms with Crippen LogP contribution in [-0.2, 0) is 0 Å². The number of para-hydroxylation sites is 1. The molecule has 0 aliphatic heterocycles. The Morgan fingerprint density at radius 1 is 1.50 bits per heavy atom. The standard InChI is InChI=1S/C14H13N3O/c15-10-11-6-8-12(9-7-11)14(17-18)16-13-4-2-1-3-5-13/h1-6,8-9,11,18H,7H2,(H,16,17)/i11D. The van der Waals surface area contributed by atoms with Crippen LogP contribution in [0, 0.1) is 17.2 Å². The maximum atomic E-state index is 9.16. The Labute approximate surface area is 107 Å². The maximum Gasteiger partial charge on any atom is 0.157 e. The topological polar surface area (TPSA) is 68.4 Å². The predicted molar refractivity (Wildman–Crippen MR) is 69.4 cm³/mol. The lowest BCUT2D eigenvalue weighted by Gasteiger charge is -2.11. The number of nitriles is 1. The Morgan fingerprint density at radius 2 is 2.28 bits per heavy atom. The van der Waals surface area contributed by atoms with E-state index in [1.807, 2.05) is 36.4 Å². The fraction of sp³-hybridized carbons (Fsp3) is 0.143. The van der Waals surface area contributed by atoms with Crippen LogP contribution >= 0.6 is 0 Å². The van der Waals surface area contributed by atoms with Crippen molar-refractivity contribution in [3.05, 3.63) is 54.1 Å². The molecule has 2 rings (SSSR count). The second kappa shape index (κ2) is 5.80. The normalized spacial score (nSPS) is 23.9. The quantitative estimate of drug-likeness (QED) is 0.474. The van der Waals surface area contributed by atoms with Crippen molar-refractivity contribution in [3.8, 4) is 6.07 Å². The first-order valence-electron chi connectivity index (χ1n) is 6.02. The minimum Gasteiger partial charge on any atom is -0.290 e. The van der Waals surface area contributed by atoms with Gasteiger partial charge in [0.2, 0.25) is 0 Å². The van der Waals surface area contributed by atoms with Crippen molar-refractivity contribution in [2.45, 2.75) is 6.42 Å². The molecule has 0 radical (unpaired) electrons. The van der Waals surface area contributed by atoms with Crippen LogP contribution in [0.2, 0.25) is 0 Å². The molecule has 1 aromatic carbocycles. The van der Waals surface area contributed by atoms with E-state index in [2.05, 4.69) is 10.5 Å². The highest BCUT2D eigenvalue weighted by molar-refractivity contribution is 6.01. The van der Waals surface area contributed by atoms with Gasteiger partial charge in [0.15, 0.2) is 5.84 Å². The zero-order valence-electron chi connectivity index (χ0n) is 10.7. The number of hydrogen-bond donors (Lipinski definition) is 2. The molecule has 1 aromatic rings. The van der Waals surface area contributed by atoms with Crippen LogP contribution in [0.25, 0.3) is 0 Å². The first kappa shape index (κ1) is 10.8. The van der Waals surface area contributed by atoms with Gasteiger partial charge in [0.25, 0.3) is 0 Å². The highest BCUT2D eigenvalue weighted by Crippen LogP contribution is 2.18. The van der Waals surface area contributed by atoms with Gasteiger partial charge >= 0.3 is 0 Å². The molecule has 90 valence electrons. The predicted octanol–water partition coefficient (Wildman–Crippen LogP) is 2.72. The van der Waals surface area contributed by atoms with Gasteiger partial charge < -0.3 is 0 Å². The Kier molecular flexibility index (Phi) is 3.47. The van der Waals surface area contributed by atoms with Crippen LogP contribution in [0.15, 0.2) is 59.1 Å². The molecule has 1 aliphatic carbocycles. The molecule has 0 bridgehead atoms. The second-order valence-electron chi connectivity index (χ2n) is 3.74. The van der Waals surface area contributed by atoms with Gasteiger partial charge in [0.05, 0.1) is 19.0 Å². The minimum atomic E-state index is -1.23. The van der Waals surface area contributed by atoms with Gasteiger partial charge in [-0.05, 0) is 18.6 Å². The molecule has 4 nitrogen and oxygen atoms in total. The van der Waals surface area contributed by atoms with Crippen molar-refractivity contribution in [1.82, 2.24) is 5.48 Å². The number of nitrogens with zero attached hydrogens (tertiary/aromatic N) is 2. The van der Waals surface area contributed by atoms with E-state index in [9.17, 15) is 0 Å². The monoisotopic (exact) mass is 240 g/mol.